The van der Waals surface area contributed by atoms with E-state index in [0.29, 0.717) is 12.1 Å². The minimum absolute atomic E-state index is 0.466. The van der Waals surface area contributed by atoms with Crippen LogP contribution in [0, 0.1) is 11.8 Å². The van der Waals surface area contributed by atoms with Gasteiger partial charge in [-0.05, 0) is 31.1 Å². The molecule has 0 aliphatic heterocycles. The van der Waals surface area contributed by atoms with Crippen molar-refractivity contribution in [3.63, 3.8) is 0 Å². The monoisotopic (exact) mass is 126 g/mol. The quantitative estimate of drug-likeness (QED) is 0.482. The predicted molar refractivity (Wildman–Crippen MR) is 36.8 cm³/mol. The fourth-order valence-electron chi connectivity index (χ4n) is 2.33. The first-order chi connectivity index (χ1) is 4.27. The Morgan fingerprint density at radius 3 is 2.22 bits per heavy atom. The molecule has 0 saturated heterocycles. The van der Waals surface area contributed by atoms with E-state index in [0.717, 1.165) is 11.8 Å². The van der Waals surface area contributed by atoms with E-state index in [4.69, 9.17) is 11.5 Å². The van der Waals surface area contributed by atoms with Crippen molar-refractivity contribution in [3.8, 4) is 0 Å². The third-order valence-electron chi connectivity index (χ3n) is 2.91. The fourth-order valence-corrected chi connectivity index (χ4v) is 2.33. The SMILES string of the molecule is NC1C[C@@H]2C[C@H](N)[C@@H]2C1. The van der Waals surface area contributed by atoms with Gasteiger partial charge in [-0.25, -0.2) is 0 Å². The highest BCUT2D eigenvalue weighted by Gasteiger charge is 2.44. The molecule has 1 unspecified atom stereocenters. The number of rotatable bonds is 0. The zero-order chi connectivity index (χ0) is 6.43. The van der Waals surface area contributed by atoms with E-state index in [-0.39, 0.29) is 0 Å². The van der Waals surface area contributed by atoms with E-state index < -0.39 is 0 Å². The number of hydrogen-bond donors (Lipinski definition) is 2. The molecular weight excluding hydrogens is 112 g/mol. The van der Waals surface area contributed by atoms with Crippen molar-refractivity contribution in [2.75, 3.05) is 0 Å². The Morgan fingerprint density at radius 2 is 1.78 bits per heavy atom. The van der Waals surface area contributed by atoms with Crippen LogP contribution in [0.1, 0.15) is 19.3 Å². The van der Waals surface area contributed by atoms with Gasteiger partial charge in [0.05, 0.1) is 0 Å². The molecule has 2 aliphatic carbocycles. The second-order valence-electron chi connectivity index (χ2n) is 3.55. The molecule has 0 radical (unpaired) electrons. The van der Waals surface area contributed by atoms with Crippen molar-refractivity contribution in [3.05, 3.63) is 0 Å². The third kappa shape index (κ3) is 0.700. The number of fused-ring (bicyclic) bond motifs is 1. The first kappa shape index (κ1) is 5.69. The van der Waals surface area contributed by atoms with Crippen LogP contribution in [0.25, 0.3) is 0 Å². The van der Waals surface area contributed by atoms with Gasteiger partial charge in [0.15, 0.2) is 0 Å². The summed E-state index contributed by atoms with van der Waals surface area (Å²) in [6.45, 7) is 0. The molecule has 0 bridgehead atoms. The Labute approximate surface area is 55.6 Å². The molecule has 0 aromatic rings. The molecule has 0 aromatic heterocycles. The van der Waals surface area contributed by atoms with E-state index in [9.17, 15) is 0 Å². The molecule has 2 saturated carbocycles. The minimum Gasteiger partial charge on any atom is -0.328 e. The van der Waals surface area contributed by atoms with Gasteiger partial charge in [0.1, 0.15) is 0 Å². The lowest BCUT2D eigenvalue weighted by Gasteiger charge is -2.37. The summed E-state index contributed by atoms with van der Waals surface area (Å²) in [4.78, 5) is 0. The van der Waals surface area contributed by atoms with Gasteiger partial charge in [-0.3, -0.25) is 0 Å². The van der Waals surface area contributed by atoms with Gasteiger partial charge in [-0.1, -0.05) is 0 Å². The first-order valence-corrected chi connectivity index (χ1v) is 3.78. The van der Waals surface area contributed by atoms with E-state index in [1.54, 1.807) is 0 Å². The van der Waals surface area contributed by atoms with Gasteiger partial charge in [-0.2, -0.15) is 0 Å². The Kier molecular flexibility index (Phi) is 1.08. The van der Waals surface area contributed by atoms with Gasteiger partial charge in [0, 0.05) is 12.1 Å². The molecule has 9 heavy (non-hydrogen) atoms. The molecule has 4 atom stereocenters. The van der Waals surface area contributed by atoms with Crippen LogP contribution < -0.4 is 11.5 Å². The second-order valence-corrected chi connectivity index (χ2v) is 3.55. The molecule has 0 spiro atoms. The van der Waals surface area contributed by atoms with E-state index in [1.807, 2.05) is 0 Å². The highest BCUT2D eigenvalue weighted by Crippen LogP contribution is 2.45. The maximum atomic E-state index is 5.77. The molecule has 0 aromatic carbocycles. The van der Waals surface area contributed by atoms with Gasteiger partial charge in [-0.15, -0.1) is 0 Å². The lowest BCUT2D eigenvalue weighted by atomic mass is 9.72. The molecule has 2 nitrogen and oxygen atoms in total. The summed E-state index contributed by atoms with van der Waals surface area (Å²) >= 11 is 0. The molecule has 0 amide bonds. The second kappa shape index (κ2) is 1.70. The summed E-state index contributed by atoms with van der Waals surface area (Å²) in [6, 6.07) is 0.956. The summed E-state index contributed by atoms with van der Waals surface area (Å²) in [5.74, 6) is 1.69. The van der Waals surface area contributed by atoms with Crippen LogP contribution >= 0.6 is 0 Å². The summed E-state index contributed by atoms with van der Waals surface area (Å²) in [5, 5.41) is 0. The van der Waals surface area contributed by atoms with Crippen molar-refractivity contribution in [2.24, 2.45) is 23.3 Å². The van der Waals surface area contributed by atoms with E-state index in [2.05, 4.69) is 0 Å². The van der Waals surface area contributed by atoms with Crippen LogP contribution in [0.4, 0.5) is 0 Å². The van der Waals surface area contributed by atoms with Crippen molar-refractivity contribution in [2.45, 2.75) is 31.3 Å². The highest BCUT2D eigenvalue weighted by atomic mass is 14.8. The molecule has 52 valence electrons. The minimum atomic E-state index is 0.466. The van der Waals surface area contributed by atoms with Gasteiger partial charge < -0.3 is 11.5 Å². The summed E-state index contributed by atoms with van der Waals surface area (Å²) in [5.41, 5.74) is 11.5. The normalized spacial score (nSPS) is 56.7. The van der Waals surface area contributed by atoms with Gasteiger partial charge in [0.2, 0.25) is 0 Å². The molecule has 4 N–H and O–H groups in total. The molecule has 2 rings (SSSR count). The third-order valence-corrected chi connectivity index (χ3v) is 2.91. The largest absolute Gasteiger partial charge is 0.328 e. The zero-order valence-electron chi connectivity index (χ0n) is 5.59. The zero-order valence-corrected chi connectivity index (χ0v) is 5.59. The lowest BCUT2D eigenvalue weighted by molar-refractivity contribution is 0.173. The maximum absolute atomic E-state index is 5.77. The van der Waals surface area contributed by atoms with Gasteiger partial charge in [0.25, 0.3) is 0 Å². The standard InChI is InChI=1S/C7H14N2/c8-5-1-4-2-7(9)6(4)3-5/h4-7H,1-3,8-9H2/t4-,5?,6-,7+/m1/s1. The van der Waals surface area contributed by atoms with Crippen LogP contribution in [0.3, 0.4) is 0 Å². The van der Waals surface area contributed by atoms with Crippen LogP contribution in [0.2, 0.25) is 0 Å². The summed E-state index contributed by atoms with van der Waals surface area (Å²) in [6.07, 6.45) is 3.66. The van der Waals surface area contributed by atoms with Crippen LogP contribution in [0.5, 0.6) is 0 Å². The van der Waals surface area contributed by atoms with Crippen LogP contribution in [0.15, 0.2) is 0 Å². The smallest absolute Gasteiger partial charge is 0.00731 e. The lowest BCUT2D eigenvalue weighted by Crippen LogP contribution is -2.44. The van der Waals surface area contributed by atoms with Crippen LogP contribution in [-0.4, -0.2) is 12.1 Å². The maximum Gasteiger partial charge on any atom is 0.00731 e. The molecule has 0 heterocycles. The summed E-state index contributed by atoms with van der Waals surface area (Å²) < 4.78 is 0. The van der Waals surface area contributed by atoms with E-state index in [1.165, 1.54) is 19.3 Å². The van der Waals surface area contributed by atoms with Crippen molar-refractivity contribution < 1.29 is 0 Å². The van der Waals surface area contributed by atoms with Crippen molar-refractivity contribution in [1.29, 1.82) is 0 Å². The summed E-state index contributed by atoms with van der Waals surface area (Å²) in [7, 11) is 0. The Bertz CT molecular complexity index is 124. The average Bonchev–Trinajstić information content (AvgIpc) is 2.08. The predicted octanol–water partition coefficient (Wildman–Crippen LogP) is 0.0709. The topological polar surface area (TPSA) is 52.0 Å². The Balaban J connectivity index is 2.00. The van der Waals surface area contributed by atoms with Gasteiger partial charge >= 0.3 is 0 Å². The van der Waals surface area contributed by atoms with E-state index >= 15 is 0 Å². The Hall–Kier alpha value is -0.0800. The fraction of sp³-hybridized carbons (Fsp3) is 1.00. The van der Waals surface area contributed by atoms with Crippen molar-refractivity contribution >= 4 is 0 Å². The average molecular weight is 126 g/mol. The Morgan fingerprint density at radius 1 is 1.00 bits per heavy atom. The number of hydrogen-bond acceptors (Lipinski definition) is 2. The molecule has 2 heteroatoms. The number of nitrogens with two attached hydrogens (primary N) is 2. The highest BCUT2D eigenvalue weighted by molar-refractivity contribution is 5.00. The first-order valence-electron chi connectivity index (χ1n) is 3.78. The molecular formula is C7H14N2. The van der Waals surface area contributed by atoms with Crippen molar-refractivity contribution in [1.82, 2.24) is 0 Å². The molecule has 2 fully saturated rings. The molecule has 2 aliphatic rings. The van der Waals surface area contributed by atoms with Crippen LogP contribution in [-0.2, 0) is 0 Å².